The minimum atomic E-state index is 0.365. The number of aromatic nitrogens is 1. The van der Waals surface area contributed by atoms with Crippen LogP contribution in [0.2, 0.25) is 0 Å². The van der Waals surface area contributed by atoms with E-state index in [0.29, 0.717) is 5.78 Å². The summed E-state index contributed by atoms with van der Waals surface area (Å²) in [4.78, 5) is 12.8. The van der Waals surface area contributed by atoms with E-state index in [1.54, 1.807) is 0 Å². The van der Waals surface area contributed by atoms with Crippen LogP contribution in [0, 0.1) is 13.8 Å². The summed E-state index contributed by atoms with van der Waals surface area (Å²) in [5.41, 5.74) is 3.37. The Morgan fingerprint density at radius 3 is 1.45 bits per heavy atom. The van der Waals surface area contributed by atoms with E-state index in [4.69, 9.17) is 0 Å². The molecule has 1 aromatic rings. The fourth-order valence-corrected chi connectivity index (χ4v) is 5.15. The minimum absolute atomic E-state index is 0.365. The van der Waals surface area contributed by atoms with Crippen molar-refractivity contribution in [2.75, 3.05) is 0 Å². The first-order chi connectivity index (χ1) is 16.1. The number of hydrogen-bond acceptors (Lipinski definition) is 1. The molecule has 1 heterocycles. The van der Waals surface area contributed by atoms with Crippen LogP contribution in [-0.2, 0) is 6.54 Å². The van der Waals surface area contributed by atoms with Gasteiger partial charge in [0, 0.05) is 30.4 Å². The van der Waals surface area contributed by atoms with E-state index in [1.807, 2.05) is 0 Å². The fraction of sp³-hybridized carbons (Fsp3) is 0.839. The number of rotatable bonds is 23. The molecule has 2 nitrogen and oxygen atoms in total. The highest BCUT2D eigenvalue weighted by molar-refractivity contribution is 5.98. The minimum Gasteiger partial charge on any atom is -0.351 e. The Balaban J connectivity index is 2.05. The van der Waals surface area contributed by atoms with Crippen LogP contribution in [0.1, 0.15) is 170 Å². The van der Waals surface area contributed by atoms with Crippen LogP contribution < -0.4 is 0 Å². The molecule has 0 aromatic carbocycles. The maximum absolute atomic E-state index is 12.8. The quantitative estimate of drug-likeness (QED) is 0.118. The van der Waals surface area contributed by atoms with Crippen molar-refractivity contribution in [3.63, 3.8) is 0 Å². The van der Waals surface area contributed by atoms with Crippen LogP contribution >= 0.6 is 0 Å². The van der Waals surface area contributed by atoms with Gasteiger partial charge in [-0.25, -0.2) is 0 Å². The number of carbonyl (C=O) groups is 1. The third-order valence-electron chi connectivity index (χ3n) is 7.33. The average molecular weight is 460 g/mol. The Morgan fingerprint density at radius 2 is 1.00 bits per heavy atom. The Bertz CT molecular complexity index is 600. The molecule has 0 spiro atoms. The van der Waals surface area contributed by atoms with Gasteiger partial charge in [0.1, 0.15) is 0 Å². The molecule has 0 saturated heterocycles. The monoisotopic (exact) mass is 459 g/mol. The molecule has 0 atom stereocenters. The van der Waals surface area contributed by atoms with E-state index in [-0.39, 0.29) is 0 Å². The van der Waals surface area contributed by atoms with E-state index < -0.39 is 0 Å². The lowest BCUT2D eigenvalue weighted by Gasteiger charge is -2.08. The first kappa shape index (κ1) is 30.0. The molecule has 0 aliphatic heterocycles. The molecule has 0 radical (unpaired) electrons. The number of hydrogen-bond donors (Lipinski definition) is 0. The number of aryl methyl sites for hydroxylation is 2. The molecule has 192 valence electrons. The lowest BCUT2D eigenvalue weighted by Crippen LogP contribution is -2.05. The highest BCUT2D eigenvalue weighted by atomic mass is 16.1. The van der Waals surface area contributed by atoms with Crippen molar-refractivity contribution in [2.24, 2.45) is 0 Å². The van der Waals surface area contributed by atoms with E-state index in [1.165, 1.54) is 133 Å². The zero-order chi connectivity index (χ0) is 24.2. The van der Waals surface area contributed by atoms with Crippen LogP contribution in [0.5, 0.6) is 0 Å². The number of unbranched alkanes of at least 4 members (excludes halogenated alkanes) is 18. The van der Waals surface area contributed by atoms with E-state index in [2.05, 4.69) is 38.5 Å². The number of nitrogens with zero attached hydrogens (tertiary/aromatic N) is 1. The predicted octanol–water partition coefficient (Wildman–Crippen LogP) is 10.5. The number of carbonyl (C=O) groups excluding carboxylic acids is 1. The average Bonchev–Trinajstić information content (AvgIpc) is 3.09. The van der Waals surface area contributed by atoms with Gasteiger partial charge in [0.2, 0.25) is 0 Å². The molecule has 0 amide bonds. The number of ketones is 1. The molecule has 0 unspecified atom stereocenters. The summed E-state index contributed by atoms with van der Waals surface area (Å²) in [5.74, 6) is 0.365. The van der Waals surface area contributed by atoms with Gasteiger partial charge < -0.3 is 4.57 Å². The maximum Gasteiger partial charge on any atom is 0.164 e. The van der Waals surface area contributed by atoms with Crippen molar-refractivity contribution in [3.8, 4) is 0 Å². The van der Waals surface area contributed by atoms with Crippen molar-refractivity contribution in [1.29, 1.82) is 0 Å². The van der Waals surface area contributed by atoms with Crippen LogP contribution in [0.3, 0.4) is 0 Å². The van der Waals surface area contributed by atoms with E-state index >= 15 is 0 Å². The molecule has 0 aliphatic rings. The van der Waals surface area contributed by atoms with Crippen molar-refractivity contribution >= 4 is 5.78 Å². The smallest absolute Gasteiger partial charge is 0.164 e. The second kappa shape index (κ2) is 20.3. The van der Waals surface area contributed by atoms with Crippen molar-refractivity contribution < 1.29 is 4.79 Å². The van der Waals surface area contributed by atoms with E-state index in [9.17, 15) is 4.79 Å². The molecule has 0 fully saturated rings. The van der Waals surface area contributed by atoms with Gasteiger partial charge >= 0.3 is 0 Å². The van der Waals surface area contributed by atoms with E-state index in [0.717, 1.165) is 24.9 Å². The fourth-order valence-electron chi connectivity index (χ4n) is 5.15. The molecule has 0 bridgehead atoms. The first-order valence-electron chi connectivity index (χ1n) is 14.8. The molecule has 0 saturated carbocycles. The first-order valence-corrected chi connectivity index (χ1v) is 14.8. The summed E-state index contributed by atoms with van der Waals surface area (Å²) < 4.78 is 2.32. The summed E-state index contributed by atoms with van der Waals surface area (Å²) >= 11 is 0. The van der Waals surface area contributed by atoms with Gasteiger partial charge in [-0.1, -0.05) is 129 Å². The molecule has 1 rings (SSSR count). The second-order valence-corrected chi connectivity index (χ2v) is 10.5. The third-order valence-corrected chi connectivity index (χ3v) is 7.33. The number of Topliss-reactive ketones (excluding diaryl/α,β-unsaturated/α-hetero) is 1. The van der Waals surface area contributed by atoms with Crippen LogP contribution in [0.4, 0.5) is 0 Å². The van der Waals surface area contributed by atoms with Gasteiger partial charge in [-0.3, -0.25) is 4.79 Å². The highest BCUT2D eigenvalue weighted by Crippen LogP contribution is 2.21. The maximum atomic E-state index is 12.8. The summed E-state index contributed by atoms with van der Waals surface area (Å²) in [6.07, 6.45) is 29.9. The summed E-state index contributed by atoms with van der Waals surface area (Å²) in [6, 6.07) is 0. The molecule has 2 heteroatoms. The SMILES string of the molecule is CCCCCCCCCCCCCCCCCC(=O)c1c(C)cn(CCCCCCC)c1C. The normalized spacial score (nSPS) is 11.4. The zero-order valence-corrected chi connectivity index (χ0v) is 23.0. The van der Waals surface area contributed by atoms with Crippen LogP contribution in [0.15, 0.2) is 6.20 Å². The zero-order valence-electron chi connectivity index (χ0n) is 23.0. The van der Waals surface area contributed by atoms with Crippen molar-refractivity contribution in [2.45, 2.75) is 169 Å². The summed E-state index contributed by atoms with van der Waals surface area (Å²) in [7, 11) is 0. The largest absolute Gasteiger partial charge is 0.351 e. The van der Waals surface area contributed by atoms with Gasteiger partial charge in [-0.15, -0.1) is 0 Å². The molecule has 0 aliphatic carbocycles. The molecule has 33 heavy (non-hydrogen) atoms. The topological polar surface area (TPSA) is 22.0 Å². The van der Waals surface area contributed by atoms with Gasteiger partial charge in [0.15, 0.2) is 5.78 Å². The Morgan fingerprint density at radius 1 is 0.606 bits per heavy atom. The van der Waals surface area contributed by atoms with Crippen molar-refractivity contribution in [3.05, 3.63) is 23.0 Å². The standard InChI is InChI=1S/C31H57NO/c1-5-7-9-11-12-13-14-15-16-17-18-19-20-21-23-25-30(33)31-28(3)27-32(29(31)4)26-24-22-10-8-6-2/h27H,5-26H2,1-4H3. The molecular weight excluding hydrogens is 402 g/mol. The second-order valence-electron chi connectivity index (χ2n) is 10.5. The molecule has 0 N–H and O–H groups in total. The van der Waals surface area contributed by atoms with Crippen LogP contribution in [-0.4, -0.2) is 10.4 Å². The highest BCUT2D eigenvalue weighted by Gasteiger charge is 2.16. The van der Waals surface area contributed by atoms with Gasteiger partial charge in [-0.2, -0.15) is 0 Å². The predicted molar refractivity (Wildman–Crippen MR) is 147 cm³/mol. The molecule has 1 aromatic heterocycles. The van der Waals surface area contributed by atoms with Crippen molar-refractivity contribution in [1.82, 2.24) is 4.57 Å². The lowest BCUT2D eigenvalue weighted by atomic mass is 10.0. The summed E-state index contributed by atoms with van der Waals surface area (Å²) in [6.45, 7) is 9.86. The van der Waals surface area contributed by atoms with Gasteiger partial charge in [-0.05, 0) is 32.3 Å². The molecular formula is C31H57NO. The summed E-state index contributed by atoms with van der Waals surface area (Å²) in [5, 5.41) is 0. The van der Waals surface area contributed by atoms with Crippen LogP contribution in [0.25, 0.3) is 0 Å². The Kier molecular flexibility index (Phi) is 18.5. The Labute approximate surface area is 207 Å². The van der Waals surface area contributed by atoms with Gasteiger partial charge in [0.25, 0.3) is 0 Å². The Hall–Kier alpha value is -1.05. The van der Waals surface area contributed by atoms with Gasteiger partial charge in [0.05, 0.1) is 0 Å². The third kappa shape index (κ3) is 14.1. The lowest BCUT2D eigenvalue weighted by molar-refractivity contribution is 0.0978.